The zero-order valence-corrected chi connectivity index (χ0v) is 10.5. The summed E-state index contributed by atoms with van der Waals surface area (Å²) in [5.74, 6) is 2.05. The molecule has 2 heterocycles. The van der Waals surface area contributed by atoms with E-state index in [9.17, 15) is 4.39 Å². The van der Waals surface area contributed by atoms with E-state index in [0.717, 1.165) is 33.9 Å². The van der Waals surface area contributed by atoms with Crippen LogP contribution in [-0.4, -0.2) is 16.8 Å². The Morgan fingerprint density at radius 3 is 2.65 bits per heavy atom. The molecule has 0 amide bonds. The first-order valence-corrected chi connectivity index (χ1v) is 6.30. The molecule has 4 rings (SSSR count). The number of aromatic nitrogens is 2. The van der Waals surface area contributed by atoms with Gasteiger partial charge in [-0.25, -0.2) is 9.37 Å². The van der Waals surface area contributed by atoms with Gasteiger partial charge in [0.2, 0.25) is 6.79 Å². The van der Waals surface area contributed by atoms with Gasteiger partial charge in [0.25, 0.3) is 0 Å². The van der Waals surface area contributed by atoms with Crippen LogP contribution in [0.4, 0.5) is 4.39 Å². The van der Waals surface area contributed by atoms with Crippen molar-refractivity contribution in [2.75, 3.05) is 6.79 Å². The van der Waals surface area contributed by atoms with Crippen molar-refractivity contribution < 1.29 is 13.9 Å². The number of rotatable bonds is 2. The van der Waals surface area contributed by atoms with Gasteiger partial charge in [-0.15, -0.1) is 0 Å². The molecule has 3 aromatic rings. The van der Waals surface area contributed by atoms with Gasteiger partial charge in [-0.2, -0.15) is 0 Å². The summed E-state index contributed by atoms with van der Waals surface area (Å²) in [6.07, 6.45) is 0.626. The standard InChI is InChI=1S/C15H11FN2O2/c16-10-3-1-9(2-4-10)5-15-17-11-6-13-14(20-8-19-13)7-12(11)18-15/h1-4,6-7H,5,8H2,(H,17,18). The lowest BCUT2D eigenvalue weighted by Gasteiger charge is -1.97. The lowest BCUT2D eigenvalue weighted by Crippen LogP contribution is -1.93. The molecule has 100 valence electrons. The molecule has 0 bridgehead atoms. The molecule has 1 aromatic heterocycles. The van der Waals surface area contributed by atoms with Crippen molar-refractivity contribution in [3.05, 3.63) is 53.6 Å². The molecule has 2 aromatic carbocycles. The van der Waals surface area contributed by atoms with Gasteiger partial charge in [-0.3, -0.25) is 0 Å². The van der Waals surface area contributed by atoms with Gasteiger partial charge in [0, 0.05) is 18.6 Å². The van der Waals surface area contributed by atoms with Crippen molar-refractivity contribution in [3.8, 4) is 11.5 Å². The van der Waals surface area contributed by atoms with Gasteiger partial charge >= 0.3 is 0 Å². The summed E-state index contributed by atoms with van der Waals surface area (Å²) in [6.45, 7) is 0.254. The van der Waals surface area contributed by atoms with E-state index in [1.165, 1.54) is 12.1 Å². The van der Waals surface area contributed by atoms with Gasteiger partial charge in [-0.1, -0.05) is 12.1 Å². The van der Waals surface area contributed by atoms with E-state index in [1.807, 2.05) is 12.1 Å². The topological polar surface area (TPSA) is 47.1 Å². The number of ether oxygens (including phenoxy) is 2. The highest BCUT2D eigenvalue weighted by Crippen LogP contribution is 2.35. The number of hydrogen-bond donors (Lipinski definition) is 1. The highest BCUT2D eigenvalue weighted by molar-refractivity contribution is 5.80. The summed E-state index contributed by atoms with van der Waals surface area (Å²) in [6, 6.07) is 10.2. The number of aromatic amines is 1. The second-order valence-corrected chi connectivity index (χ2v) is 4.71. The van der Waals surface area contributed by atoms with Crippen molar-refractivity contribution in [2.45, 2.75) is 6.42 Å². The van der Waals surface area contributed by atoms with Crippen LogP contribution in [0.2, 0.25) is 0 Å². The number of imidazole rings is 1. The van der Waals surface area contributed by atoms with Gasteiger partial charge in [0.05, 0.1) is 11.0 Å². The second-order valence-electron chi connectivity index (χ2n) is 4.71. The average molecular weight is 270 g/mol. The molecule has 0 radical (unpaired) electrons. The third-order valence-electron chi connectivity index (χ3n) is 3.31. The van der Waals surface area contributed by atoms with Crippen LogP contribution in [0.15, 0.2) is 36.4 Å². The first-order valence-electron chi connectivity index (χ1n) is 6.30. The Kier molecular flexibility index (Phi) is 2.39. The minimum Gasteiger partial charge on any atom is -0.454 e. The van der Waals surface area contributed by atoms with Crippen molar-refractivity contribution in [1.82, 2.24) is 9.97 Å². The van der Waals surface area contributed by atoms with E-state index < -0.39 is 0 Å². The second kappa shape index (κ2) is 4.23. The molecule has 0 fully saturated rings. The fourth-order valence-corrected chi connectivity index (χ4v) is 2.33. The van der Waals surface area contributed by atoms with E-state index in [-0.39, 0.29) is 12.6 Å². The minimum absolute atomic E-state index is 0.232. The lowest BCUT2D eigenvalue weighted by molar-refractivity contribution is 0.174. The van der Waals surface area contributed by atoms with Crippen molar-refractivity contribution in [3.63, 3.8) is 0 Å². The Morgan fingerprint density at radius 1 is 1.10 bits per heavy atom. The third kappa shape index (κ3) is 1.87. The van der Waals surface area contributed by atoms with Crippen LogP contribution >= 0.6 is 0 Å². The Labute approximate surface area is 114 Å². The molecular formula is C15H11FN2O2. The van der Waals surface area contributed by atoms with Crippen molar-refractivity contribution >= 4 is 11.0 Å². The van der Waals surface area contributed by atoms with Crippen LogP contribution in [0, 0.1) is 5.82 Å². The van der Waals surface area contributed by atoms with E-state index in [0.29, 0.717) is 6.42 Å². The normalized spacial score (nSPS) is 13.1. The molecule has 4 nitrogen and oxygen atoms in total. The molecule has 0 saturated carbocycles. The first-order chi connectivity index (χ1) is 9.78. The number of benzene rings is 2. The predicted molar refractivity (Wildman–Crippen MR) is 71.4 cm³/mol. The quantitative estimate of drug-likeness (QED) is 0.778. The summed E-state index contributed by atoms with van der Waals surface area (Å²) < 4.78 is 23.5. The maximum Gasteiger partial charge on any atom is 0.231 e. The molecule has 5 heteroatoms. The summed E-state index contributed by atoms with van der Waals surface area (Å²) in [5, 5.41) is 0. The van der Waals surface area contributed by atoms with Gasteiger partial charge in [-0.05, 0) is 17.7 Å². The number of nitrogens with one attached hydrogen (secondary N) is 1. The highest BCUT2D eigenvalue weighted by Gasteiger charge is 2.16. The Balaban J connectivity index is 1.69. The van der Waals surface area contributed by atoms with Crippen molar-refractivity contribution in [1.29, 1.82) is 0 Å². The van der Waals surface area contributed by atoms with Crippen LogP contribution < -0.4 is 9.47 Å². The maximum absolute atomic E-state index is 12.9. The molecule has 0 unspecified atom stereocenters. The third-order valence-corrected chi connectivity index (χ3v) is 3.31. The summed E-state index contributed by atoms with van der Waals surface area (Å²) in [4.78, 5) is 7.77. The minimum atomic E-state index is -0.232. The molecule has 0 spiro atoms. The van der Waals surface area contributed by atoms with Crippen LogP contribution in [0.3, 0.4) is 0 Å². The molecular weight excluding hydrogens is 259 g/mol. The largest absolute Gasteiger partial charge is 0.454 e. The number of H-pyrrole nitrogens is 1. The summed E-state index contributed by atoms with van der Waals surface area (Å²) in [5.41, 5.74) is 2.75. The highest BCUT2D eigenvalue weighted by atomic mass is 19.1. The van der Waals surface area contributed by atoms with E-state index in [4.69, 9.17) is 9.47 Å². The van der Waals surface area contributed by atoms with E-state index >= 15 is 0 Å². The molecule has 1 aliphatic heterocycles. The van der Waals surface area contributed by atoms with Crippen LogP contribution in [0.5, 0.6) is 11.5 Å². The maximum atomic E-state index is 12.9. The van der Waals surface area contributed by atoms with Gasteiger partial charge in [0.1, 0.15) is 11.6 Å². The molecule has 1 N–H and O–H groups in total. The predicted octanol–water partition coefficient (Wildman–Crippen LogP) is 3.02. The SMILES string of the molecule is Fc1ccc(Cc2nc3cc4c(cc3[nH]2)OCO4)cc1. The Hall–Kier alpha value is -2.56. The summed E-state index contributed by atoms with van der Waals surface area (Å²) in [7, 11) is 0. The first kappa shape index (κ1) is 11.3. The average Bonchev–Trinajstić information content (AvgIpc) is 3.03. The van der Waals surface area contributed by atoms with E-state index in [1.54, 1.807) is 12.1 Å². The monoisotopic (exact) mass is 270 g/mol. The summed E-state index contributed by atoms with van der Waals surface area (Å²) >= 11 is 0. The molecule has 0 saturated heterocycles. The number of fused-ring (bicyclic) bond motifs is 2. The lowest BCUT2D eigenvalue weighted by atomic mass is 10.1. The number of nitrogens with zero attached hydrogens (tertiary/aromatic N) is 1. The van der Waals surface area contributed by atoms with Crippen molar-refractivity contribution in [2.24, 2.45) is 0 Å². The number of hydrogen-bond acceptors (Lipinski definition) is 3. The molecule has 0 aliphatic carbocycles. The van der Waals surface area contributed by atoms with Crippen LogP contribution in [0.1, 0.15) is 11.4 Å². The van der Waals surface area contributed by atoms with Crippen LogP contribution in [-0.2, 0) is 6.42 Å². The zero-order valence-electron chi connectivity index (χ0n) is 10.5. The smallest absolute Gasteiger partial charge is 0.231 e. The molecule has 0 atom stereocenters. The molecule has 20 heavy (non-hydrogen) atoms. The Bertz CT molecular complexity index is 739. The Morgan fingerprint density at radius 2 is 1.85 bits per heavy atom. The fourth-order valence-electron chi connectivity index (χ4n) is 2.33. The zero-order chi connectivity index (χ0) is 13.5. The van der Waals surface area contributed by atoms with Gasteiger partial charge < -0.3 is 14.5 Å². The molecule has 1 aliphatic rings. The van der Waals surface area contributed by atoms with Crippen LogP contribution in [0.25, 0.3) is 11.0 Å². The number of halogens is 1. The fraction of sp³-hybridized carbons (Fsp3) is 0.133. The van der Waals surface area contributed by atoms with E-state index in [2.05, 4.69) is 9.97 Å². The van der Waals surface area contributed by atoms with Gasteiger partial charge in [0.15, 0.2) is 11.5 Å².